The maximum Gasteiger partial charge on any atom is 0.117 e. The molecule has 0 fully saturated rings. The summed E-state index contributed by atoms with van der Waals surface area (Å²) < 4.78 is 5.35. The van der Waals surface area contributed by atoms with Gasteiger partial charge in [-0.3, -0.25) is 4.90 Å². The third-order valence-corrected chi connectivity index (χ3v) is 3.63. The molecule has 5 heteroatoms. The van der Waals surface area contributed by atoms with Gasteiger partial charge in [0.25, 0.3) is 0 Å². The first kappa shape index (κ1) is 14.9. The van der Waals surface area contributed by atoms with Gasteiger partial charge in [-0.25, -0.2) is 0 Å². The number of hydrogen-bond acceptors (Lipinski definition) is 3. The molecule has 0 saturated heterocycles. The molecule has 2 aromatic rings. The molecule has 20 heavy (non-hydrogen) atoms. The molecule has 104 valence electrons. The molecule has 0 atom stereocenters. The Bertz CT molecular complexity index is 590. The van der Waals surface area contributed by atoms with E-state index < -0.39 is 0 Å². The lowest BCUT2D eigenvalue weighted by Crippen LogP contribution is -2.23. The molecule has 0 aliphatic rings. The molecular formula is C15H14Cl2N2O. The predicted octanol–water partition coefficient (Wildman–Crippen LogP) is 4.50. The zero-order valence-electron chi connectivity index (χ0n) is 10.9. The van der Waals surface area contributed by atoms with Crippen LogP contribution in [-0.2, 0) is 13.1 Å². The summed E-state index contributed by atoms with van der Waals surface area (Å²) in [4.78, 5) is 2.14. The molecule has 0 unspecified atom stereocenters. The highest BCUT2D eigenvalue weighted by atomic mass is 35.5. The maximum absolute atomic E-state index is 8.75. The molecule has 0 aliphatic heterocycles. The van der Waals surface area contributed by atoms with Gasteiger partial charge >= 0.3 is 0 Å². The quantitative estimate of drug-likeness (QED) is 0.788. The largest absolute Gasteiger partial charge is 0.468 e. The fourth-order valence-electron chi connectivity index (χ4n) is 1.94. The van der Waals surface area contributed by atoms with Crippen molar-refractivity contribution >= 4 is 23.2 Å². The Morgan fingerprint density at radius 1 is 1.15 bits per heavy atom. The summed E-state index contributed by atoms with van der Waals surface area (Å²) in [6, 6.07) is 11.5. The second kappa shape index (κ2) is 7.35. The summed E-state index contributed by atoms with van der Waals surface area (Å²) in [6.07, 6.45) is 2.12. The highest BCUT2D eigenvalue weighted by Gasteiger charge is 2.09. The minimum Gasteiger partial charge on any atom is -0.468 e. The Kier molecular flexibility index (Phi) is 5.49. The first-order chi connectivity index (χ1) is 9.69. The standard InChI is InChI=1S/C15H14Cl2N2O/c16-14-5-4-12(9-15(14)17)10-19(7-2-6-18)11-13-3-1-8-20-13/h1,3-5,8-9H,2,7,10-11H2. The van der Waals surface area contributed by atoms with Crippen molar-refractivity contribution in [2.75, 3.05) is 6.54 Å². The van der Waals surface area contributed by atoms with Gasteiger partial charge in [-0.05, 0) is 29.8 Å². The smallest absolute Gasteiger partial charge is 0.117 e. The van der Waals surface area contributed by atoms with Crippen LogP contribution in [-0.4, -0.2) is 11.4 Å². The number of nitrogens with zero attached hydrogens (tertiary/aromatic N) is 2. The Balaban J connectivity index is 2.06. The first-order valence-corrected chi connectivity index (χ1v) is 7.00. The van der Waals surface area contributed by atoms with Crippen molar-refractivity contribution in [1.29, 1.82) is 5.26 Å². The lowest BCUT2D eigenvalue weighted by atomic mass is 10.2. The number of hydrogen-bond donors (Lipinski definition) is 0. The molecule has 1 aromatic heterocycles. The molecule has 2 rings (SSSR count). The summed E-state index contributed by atoms with van der Waals surface area (Å²) in [5.41, 5.74) is 1.06. The van der Waals surface area contributed by atoms with E-state index in [1.54, 1.807) is 12.3 Å². The SMILES string of the molecule is N#CCCN(Cc1ccc(Cl)c(Cl)c1)Cc1ccco1. The number of furan rings is 1. The summed E-state index contributed by atoms with van der Waals surface area (Å²) in [5, 5.41) is 9.84. The van der Waals surface area contributed by atoms with E-state index in [9.17, 15) is 0 Å². The van der Waals surface area contributed by atoms with Gasteiger partial charge in [0.05, 0.1) is 28.9 Å². The van der Waals surface area contributed by atoms with Crippen LogP contribution in [0, 0.1) is 11.3 Å². The van der Waals surface area contributed by atoms with Crippen LogP contribution in [0.15, 0.2) is 41.0 Å². The topological polar surface area (TPSA) is 40.2 Å². The first-order valence-electron chi connectivity index (χ1n) is 6.24. The number of benzene rings is 1. The van der Waals surface area contributed by atoms with E-state index in [1.807, 2.05) is 24.3 Å². The van der Waals surface area contributed by atoms with Gasteiger partial charge in [0.1, 0.15) is 5.76 Å². The third-order valence-electron chi connectivity index (χ3n) is 2.89. The Morgan fingerprint density at radius 3 is 2.65 bits per heavy atom. The fourth-order valence-corrected chi connectivity index (χ4v) is 2.26. The molecule has 3 nitrogen and oxygen atoms in total. The molecule has 0 N–H and O–H groups in total. The minimum absolute atomic E-state index is 0.474. The van der Waals surface area contributed by atoms with Crippen LogP contribution >= 0.6 is 23.2 Å². The van der Waals surface area contributed by atoms with Gasteiger partial charge in [0.15, 0.2) is 0 Å². The molecule has 0 radical (unpaired) electrons. The molecule has 1 heterocycles. The van der Waals surface area contributed by atoms with Crippen molar-refractivity contribution in [2.45, 2.75) is 19.5 Å². The lowest BCUT2D eigenvalue weighted by Gasteiger charge is -2.20. The van der Waals surface area contributed by atoms with Crippen molar-refractivity contribution in [3.63, 3.8) is 0 Å². The second-order valence-electron chi connectivity index (χ2n) is 4.45. The Morgan fingerprint density at radius 2 is 2.00 bits per heavy atom. The predicted molar refractivity (Wildman–Crippen MR) is 79.5 cm³/mol. The summed E-state index contributed by atoms with van der Waals surface area (Å²) in [5.74, 6) is 0.878. The van der Waals surface area contributed by atoms with Gasteiger partial charge in [-0.2, -0.15) is 5.26 Å². The number of nitriles is 1. The third kappa shape index (κ3) is 4.28. The molecule has 0 spiro atoms. The van der Waals surface area contributed by atoms with E-state index in [1.165, 1.54) is 0 Å². The zero-order chi connectivity index (χ0) is 14.4. The van der Waals surface area contributed by atoms with Crippen LogP contribution in [0.2, 0.25) is 10.0 Å². The molecular weight excluding hydrogens is 295 g/mol. The Hall–Kier alpha value is -1.47. The van der Waals surface area contributed by atoms with Gasteiger partial charge in [-0.15, -0.1) is 0 Å². The van der Waals surface area contributed by atoms with Crippen LogP contribution < -0.4 is 0 Å². The Labute approximate surface area is 128 Å². The zero-order valence-corrected chi connectivity index (χ0v) is 12.4. The normalized spacial score (nSPS) is 10.7. The summed E-state index contributed by atoms with van der Waals surface area (Å²) in [6.45, 7) is 2.03. The maximum atomic E-state index is 8.75. The number of rotatable bonds is 6. The summed E-state index contributed by atoms with van der Waals surface area (Å²) >= 11 is 11.9. The van der Waals surface area contributed by atoms with E-state index in [2.05, 4.69) is 11.0 Å². The number of halogens is 2. The van der Waals surface area contributed by atoms with Gasteiger partial charge < -0.3 is 4.42 Å². The monoisotopic (exact) mass is 308 g/mol. The van der Waals surface area contributed by atoms with Crippen molar-refractivity contribution in [2.24, 2.45) is 0 Å². The minimum atomic E-state index is 0.474. The summed E-state index contributed by atoms with van der Waals surface area (Å²) in [7, 11) is 0. The lowest BCUT2D eigenvalue weighted by molar-refractivity contribution is 0.240. The van der Waals surface area contributed by atoms with Gasteiger partial charge in [0.2, 0.25) is 0 Å². The molecule has 0 amide bonds. The van der Waals surface area contributed by atoms with Crippen LogP contribution in [0.4, 0.5) is 0 Å². The molecule has 1 aromatic carbocycles. The van der Waals surface area contributed by atoms with Gasteiger partial charge in [-0.1, -0.05) is 29.3 Å². The van der Waals surface area contributed by atoms with E-state index in [0.717, 1.165) is 11.3 Å². The van der Waals surface area contributed by atoms with E-state index in [0.29, 0.717) is 36.1 Å². The van der Waals surface area contributed by atoms with E-state index >= 15 is 0 Å². The van der Waals surface area contributed by atoms with Crippen molar-refractivity contribution in [1.82, 2.24) is 4.90 Å². The van der Waals surface area contributed by atoms with Crippen molar-refractivity contribution in [3.8, 4) is 6.07 Å². The van der Waals surface area contributed by atoms with Gasteiger partial charge in [0, 0.05) is 19.5 Å². The van der Waals surface area contributed by atoms with Crippen LogP contribution in [0.25, 0.3) is 0 Å². The molecule has 0 bridgehead atoms. The second-order valence-corrected chi connectivity index (χ2v) is 5.26. The molecule has 0 saturated carbocycles. The highest BCUT2D eigenvalue weighted by molar-refractivity contribution is 6.42. The van der Waals surface area contributed by atoms with E-state index in [-0.39, 0.29) is 0 Å². The average Bonchev–Trinajstić information content (AvgIpc) is 2.93. The van der Waals surface area contributed by atoms with Crippen molar-refractivity contribution in [3.05, 3.63) is 58.0 Å². The van der Waals surface area contributed by atoms with Crippen LogP contribution in [0.5, 0.6) is 0 Å². The van der Waals surface area contributed by atoms with E-state index in [4.69, 9.17) is 32.9 Å². The van der Waals surface area contributed by atoms with Crippen molar-refractivity contribution < 1.29 is 4.42 Å². The molecule has 0 aliphatic carbocycles. The highest BCUT2D eigenvalue weighted by Crippen LogP contribution is 2.23. The fraction of sp³-hybridized carbons (Fsp3) is 0.267. The van der Waals surface area contributed by atoms with Crippen LogP contribution in [0.3, 0.4) is 0 Å². The van der Waals surface area contributed by atoms with Crippen LogP contribution in [0.1, 0.15) is 17.7 Å². The average molecular weight is 309 g/mol.